The summed E-state index contributed by atoms with van der Waals surface area (Å²) in [6.45, 7) is 2.61. The van der Waals surface area contributed by atoms with Crippen molar-refractivity contribution >= 4 is 13.6 Å². The molecule has 1 aromatic heterocycles. The third kappa shape index (κ3) is 15.8. The number of unbranched alkanes of at least 4 members (excludes halogenated alkanes) is 13. The number of hydrogen-bond donors (Lipinski definition) is 4. The van der Waals surface area contributed by atoms with Gasteiger partial charge in [-0.15, -0.1) is 0 Å². The summed E-state index contributed by atoms with van der Waals surface area (Å²) in [5.74, 6) is -0.109. The molecule has 0 aromatic carbocycles. The lowest BCUT2D eigenvalue weighted by Gasteiger charge is -2.21. The van der Waals surface area contributed by atoms with Crippen LogP contribution < -0.4 is 11.2 Å². The Bertz CT molecular complexity index is 1090. The topological polar surface area (TPSA) is 195 Å². The van der Waals surface area contributed by atoms with Gasteiger partial charge in [-0.05, 0) is 18.9 Å². The summed E-state index contributed by atoms with van der Waals surface area (Å²) in [5, 5.41) is 38.6. The Morgan fingerprint density at radius 2 is 1.48 bits per heavy atom. The van der Waals surface area contributed by atoms with Gasteiger partial charge in [0.2, 0.25) is 0 Å². The fourth-order valence-electron chi connectivity index (χ4n) is 5.08. The molecule has 1 fully saturated rings. The minimum Gasteiger partial charge on any atom is -0.387 e. The van der Waals surface area contributed by atoms with Gasteiger partial charge in [-0.3, -0.25) is 28.8 Å². The van der Waals surface area contributed by atoms with Crippen LogP contribution in [0.1, 0.15) is 116 Å². The van der Waals surface area contributed by atoms with Crippen LogP contribution in [0.3, 0.4) is 0 Å². The number of nitrogens with zero attached hydrogens (tertiary/aromatic N) is 3. The molecule has 1 aromatic rings. The summed E-state index contributed by atoms with van der Waals surface area (Å²) in [6.07, 6.45) is 14.2. The largest absolute Gasteiger partial charge is 0.474 e. The van der Waals surface area contributed by atoms with Crippen LogP contribution in [0.2, 0.25) is 0 Å². The summed E-state index contributed by atoms with van der Waals surface area (Å²) in [4.78, 5) is 15.8. The van der Waals surface area contributed by atoms with Gasteiger partial charge in [0.05, 0.1) is 32.3 Å². The molecule has 5 atom stereocenters. The molecule has 14 nitrogen and oxygen atoms in total. The van der Waals surface area contributed by atoms with E-state index in [0.717, 1.165) is 17.4 Å². The zero-order valence-electron chi connectivity index (χ0n) is 27.3. The molecule has 0 bridgehead atoms. The standard InChI is InChI=1S/C31H55N4O10P/c1-2-3-4-5-6-7-8-9-10-11-12-13-14-15-21-41-22-17-24-43-46(40,42-23-16-19-32)44-25-26-28(36)29(37)30(45-26)35-20-18-27(34-39)33-31(35)38/h18,20,26,28-30,36-37,39H,2-17,21-25H2,1H3,(H,33,34,38)/t26-,28+,29?,30-,46?/m1/s1. The van der Waals surface area contributed by atoms with E-state index in [1.165, 1.54) is 89.3 Å². The molecule has 0 spiro atoms. The number of anilines is 1. The van der Waals surface area contributed by atoms with Gasteiger partial charge in [-0.25, -0.2) is 9.36 Å². The lowest BCUT2D eigenvalue weighted by molar-refractivity contribution is -0.0563. The van der Waals surface area contributed by atoms with Crippen LogP contribution in [0.4, 0.5) is 5.82 Å². The summed E-state index contributed by atoms with van der Waals surface area (Å²) in [6, 6.07) is 3.15. The molecule has 4 N–H and O–H groups in total. The van der Waals surface area contributed by atoms with Crippen molar-refractivity contribution in [1.29, 1.82) is 5.26 Å². The summed E-state index contributed by atoms with van der Waals surface area (Å²) in [7, 11) is -4.15. The quantitative estimate of drug-likeness (QED) is 0.0486. The first-order chi connectivity index (χ1) is 22.3. The molecule has 0 aliphatic carbocycles. The number of aliphatic hydroxyl groups is 2. The third-order valence-corrected chi connectivity index (χ3v) is 9.20. The number of aliphatic hydroxyl groups excluding tert-OH is 2. The van der Waals surface area contributed by atoms with E-state index in [-0.39, 0.29) is 25.5 Å². The molecule has 46 heavy (non-hydrogen) atoms. The van der Waals surface area contributed by atoms with Crippen LogP contribution >= 0.6 is 7.82 Å². The number of ether oxygens (including phenoxy) is 2. The highest BCUT2D eigenvalue weighted by atomic mass is 31.2. The van der Waals surface area contributed by atoms with E-state index in [9.17, 15) is 19.6 Å². The third-order valence-electron chi connectivity index (χ3n) is 7.74. The van der Waals surface area contributed by atoms with Gasteiger partial charge in [0.25, 0.3) is 0 Å². The first-order valence-corrected chi connectivity index (χ1v) is 18.3. The van der Waals surface area contributed by atoms with Crippen molar-refractivity contribution in [3.63, 3.8) is 0 Å². The van der Waals surface area contributed by atoms with E-state index in [1.807, 2.05) is 6.07 Å². The average Bonchev–Trinajstić information content (AvgIpc) is 3.33. The predicted octanol–water partition coefficient (Wildman–Crippen LogP) is 5.62. The Balaban J connectivity index is 1.60. The first kappa shape index (κ1) is 40.3. The average molecular weight is 675 g/mol. The van der Waals surface area contributed by atoms with E-state index in [1.54, 1.807) is 5.48 Å². The number of aromatic nitrogens is 2. The van der Waals surface area contributed by atoms with Gasteiger partial charge in [-0.2, -0.15) is 10.2 Å². The van der Waals surface area contributed by atoms with Crippen molar-refractivity contribution in [3.05, 3.63) is 22.7 Å². The number of phosphoric acid groups is 1. The Labute approximate surface area is 272 Å². The van der Waals surface area contributed by atoms with Crippen LogP contribution in [0.5, 0.6) is 0 Å². The highest BCUT2D eigenvalue weighted by molar-refractivity contribution is 7.48. The molecule has 2 unspecified atom stereocenters. The maximum absolute atomic E-state index is 13.2. The molecule has 0 radical (unpaired) electrons. The van der Waals surface area contributed by atoms with Crippen molar-refractivity contribution in [3.8, 4) is 6.07 Å². The zero-order valence-corrected chi connectivity index (χ0v) is 28.2. The van der Waals surface area contributed by atoms with Gasteiger partial charge in [0, 0.05) is 19.4 Å². The van der Waals surface area contributed by atoms with E-state index < -0.39 is 44.7 Å². The zero-order chi connectivity index (χ0) is 33.5. The Hall–Kier alpha value is -1.92. The molecule has 2 heterocycles. The lowest BCUT2D eigenvalue weighted by atomic mass is 10.0. The van der Waals surface area contributed by atoms with E-state index in [2.05, 4.69) is 11.9 Å². The summed E-state index contributed by atoms with van der Waals surface area (Å²) in [5.41, 5.74) is 0.891. The molecule has 1 aliphatic rings. The number of hydrogen-bond acceptors (Lipinski definition) is 13. The Morgan fingerprint density at radius 1 is 0.891 bits per heavy atom. The number of nitrogens with one attached hydrogen (secondary N) is 1. The monoisotopic (exact) mass is 674 g/mol. The second-order valence-electron chi connectivity index (χ2n) is 11.5. The molecule has 0 saturated carbocycles. The molecular formula is C31H55N4O10P. The van der Waals surface area contributed by atoms with E-state index in [4.69, 9.17) is 33.5 Å². The van der Waals surface area contributed by atoms with Gasteiger partial charge in [0.15, 0.2) is 12.0 Å². The lowest BCUT2D eigenvalue weighted by Crippen LogP contribution is -2.36. The Kier molecular flexibility index (Phi) is 21.2. The minimum absolute atomic E-state index is 0.00814. The number of nitriles is 1. The van der Waals surface area contributed by atoms with Crippen molar-refractivity contribution in [1.82, 2.24) is 9.55 Å². The second kappa shape index (κ2) is 24.3. The van der Waals surface area contributed by atoms with Crippen molar-refractivity contribution in [2.45, 2.75) is 134 Å². The fourth-order valence-corrected chi connectivity index (χ4v) is 6.30. The summed E-state index contributed by atoms with van der Waals surface area (Å²) < 4.78 is 41.4. The van der Waals surface area contributed by atoms with Crippen molar-refractivity contribution in [2.24, 2.45) is 0 Å². The summed E-state index contributed by atoms with van der Waals surface area (Å²) >= 11 is 0. The van der Waals surface area contributed by atoms with Crippen LogP contribution in [-0.2, 0) is 27.6 Å². The Morgan fingerprint density at radius 3 is 2.07 bits per heavy atom. The number of rotatable bonds is 28. The van der Waals surface area contributed by atoms with Crippen LogP contribution in [0.15, 0.2) is 17.1 Å². The van der Waals surface area contributed by atoms with Gasteiger partial charge < -0.3 is 19.7 Å². The number of phosphoric ester groups is 1. The highest BCUT2D eigenvalue weighted by Crippen LogP contribution is 2.50. The van der Waals surface area contributed by atoms with Crippen molar-refractivity contribution < 1.29 is 43.0 Å². The fraction of sp³-hybridized carbons (Fsp3) is 0.839. The van der Waals surface area contributed by atoms with Crippen LogP contribution in [0, 0.1) is 11.3 Å². The highest BCUT2D eigenvalue weighted by Gasteiger charge is 2.45. The molecule has 2 rings (SSSR count). The van der Waals surface area contributed by atoms with Gasteiger partial charge in [0.1, 0.15) is 18.3 Å². The van der Waals surface area contributed by atoms with Gasteiger partial charge in [-0.1, -0.05) is 90.4 Å². The normalized spacial score (nSPS) is 20.8. The molecule has 0 amide bonds. The first-order valence-electron chi connectivity index (χ1n) is 16.8. The van der Waals surface area contributed by atoms with Crippen LogP contribution in [0.25, 0.3) is 0 Å². The second-order valence-corrected chi connectivity index (χ2v) is 13.2. The van der Waals surface area contributed by atoms with E-state index >= 15 is 0 Å². The minimum atomic E-state index is -4.15. The SMILES string of the molecule is CCCCCCCCCCCCCCCCOCCCOP(=O)(OCCC#N)OC[C@H]1O[C@@H](n2ccc(NO)nc2=O)C(O)[C@H]1O. The maximum Gasteiger partial charge on any atom is 0.474 e. The van der Waals surface area contributed by atoms with Gasteiger partial charge >= 0.3 is 13.5 Å². The van der Waals surface area contributed by atoms with E-state index in [0.29, 0.717) is 19.6 Å². The molecule has 1 saturated heterocycles. The molecule has 15 heteroatoms. The van der Waals surface area contributed by atoms with Crippen molar-refractivity contribution in [2.75, 3.05) is 38.5 Å². The molecule has 264 valence electrons. The smallest absolute Gasteiger partial charge is 0.387 e. The van der Waals surface area contributed by atoms with Crippen LogP contribution in [-0.4, -0.2) is 76.3 Å². The molecular weight excluding hydrogens is 619 g/mol. The maximum atomic E-state index is 13.2. The predicted molar refractivity (Wildman–Crippen MR) is 171 cm³/mol. The molecule has 1 aliphatic heterocycles.